The first kappa shape index (κ1) is 15.2. The van der Waals surface area contributed by atoms with Crippen LogP contribution in [-0.2, 0) is 0 Å². The highest BCUT2D eigenvalue weighted by Gasteiger charge is 2.10. The molecular formula is C16H16N4O2S. The van der Waals surface area contributed by atoms with Crippen molar-refractivity contribution in [3.05, 3.63) is 55.6 Å². The summed E-state index contributed by atoms with van der Waals surface area (Å²) in [7, 11) is 1.60. The summed E-state index contributed by atoms with van der Waals surface area (Å²) in [5.74, 6) is 0.739. The third kappa shape index (κ3) is 2.83. The first-order valence-electron chi connectivity index (χ1n) is 6.99. The van der Waals surface area contributed by atoms with Gasteiger partial charge in [-0.1, -0.05) is 23.5 Å². The molecule has 1 aromatic carbocycles. The van der Waals surface area contributed by atoms with Crippen LogP contribution < -0.4 is 25.7 Å². The number of hydrogen-bond acceptors (Lipinski definition) is 5. The van der Waals surface area contributed by atoms with Crippen LogP contribution in [0.25, 0.3) is 16.8 Å². The maximum atomic E-state index is 12.2. The molecule has 2 heterocycles. The molecule has 0 aromatic heterocycles. The molecule has 0 atom stereocenters. The maximum absolute atomic E-state index is 12.2. The number of aromatic nitrogens is 3. The minimum absolute atomic E-state index is 0.0968. The molecule has 2 aliphatic rings. The van der Waals surface area contributed by atoms with Gasteiger partial charge in [-0.2, -0.15) is 4.98 Å². The van der Waals surface area contributed by atoms with Gasteiger partial charge in [0.25, 0.3) is 5.56 Å². The molecule has 0 aliphatic carbocycles. The first-order valence-corrected chi connectivity index (χ1v) is 7.81. The Morgan fingerprint density at radius 2 is 2.04 bits per heavy atom. The van der Waals surface area contributed by atoms with E-state index in [0.717, 1.165) is 21.5 Å². The van der Waals surface area contributed by atoms with Crippen LogP contribution >= 0.6 is 11.3 Å². The summed E-state index contributed by atoms with van der Waals surface area (Å²) in [6.07, 6.45) is 1.66. The van der Waals surface area contributed by atoms with Crippen molar-refractivity contribution in [2.24, 2.45) is 0 Å². The van der Waals surface area contributed by atoms with Gasteiger partial charge >= 0.3 is 0 Å². The van der Waals surface area contributed by atoms with Crippen LogP contribution in [-0.4, -0.2) is 21.9 Å². The number of aromatic amines is 1. The Balaban J connectivity index is 2.27. The molecule has 7 heteroatoms. The number of fused-ring (bicyclic) bond motifs is 1. The molecule has 2 aliphatic heterocycles. The minimum atomic E-state index is -0.402. The minimum Gasteiger partial charge on any atom is -0.497 e. The number of ether oxygens (including phenoxy) is 1. The zero-order chi connectivity index (χ0) is 16.6. The number of rotatable bonds is 2. The Labute approximate surface area is 135 Å². The number of methoxy groups -OCH3 is 1. The zero-order valence-electron chi connectivity index (χ0n) is 13.0. The number of nitrogens with one attached hydrogen (secondary N) is 2. The summed E-state index contributed by atoms with van der Waals surface area (Å²) in [6, 6.07) is 7.28. The van der Waals surface area contributed by atoms with Crippen LogP contribution in [0.3, 0.4) is 0 Å². The van der Waals surface area contributed by atoms with Crippen molar-refractivity contribution < 1.29 is 4.74 Å². The van der Waals surface area contributed by atoms with E-state index >= 15 is 0 Å². The molecule has 0 amide bonds. The average Bonchev–Trinajstić information content (AvgIpc) is 2.96. The second-order valence-corrected chi connectivity index (χ2v) is 6.24. The Morgan fingerprint density at radius 1 is 1.35 bits per heavy atom. The lowest BCUT2D eigenvalue weighted by Gasteiger charge is -2.01. The Hall–Kier alpha value is -2.67. The molecule has 0 saturated carbocycles. The smallest absolute Gasteiger partial charge is 0.283 e. The lowest BCUT2D eigenvalue weighted by Crippen LogP contribution is -2.47. The van der Waals surface area contributed by atoms with E-state index in [9.17, 15) is 4.79 Å². The molecule has 0 bridgehead atoms. The lowest BCUT2D eigenvalue weighted by atomic mass is 10.2. The molecule has 0 saturated heterocycles. The highest BCUT2D eigenvalue weighted by Crippen LogP contribution is 2.11. The topological polar surface area (TPSA) is 83.8 Å². The molecule has 0 unspecified atom stereocenters. The Bertz CT molecular complexity index is 1050. The van der Waals surface area contributed by atoms with Gasteiger partial charge in [0.1, 0.15) is 10.4 Å². The quantitative estimate of drug-likeness (QED) is 0.721. The number of H-pyrrole nitrogens is 1. The summed E-state index contributed by atoms with van der Waals surface area (Å²) >= 11 is 1.36. The number of nitrogens with zero attached hydrogens (tertiary/aromatic N) is 2. The second-order valence-electron chi connectivity index (χ2n) is 5.26. The molecule has 3 rings (SSSR count). The SMILES string of the molecule is COc1ccc(C=c2c(=O)nc3sc(=C(C)C)[nH]n-3c2=N)cc1. The highest BCUT2D eigenvalue weighted by atomic mass is 32.1. The van der Waals surface area contributed by atoms with Crippen molar-refractivity contribution in [1.82, 2.24) is 14.8 Å². The molecule has 1 aromatic rings. The summed E-state index contributed by atoms with van der Waals surface area (Å²) in [5, 5.41) is 12.1. The second kappa shape index (κ2) is 5.85. The van der Waals surface area contributed by atoms with Crippen LogP contribution in [0.4, 0.5) is 0 Å². The van der Waals surface area contributed by atoms with Crippen molar-refractivity contribution in [3.8, 4) is 10.9 Å². The molecule has 0 fully saturated rings. The van der Waals surface area contributed by atoms with Gasteiger partial charge in [-0.05, 0) is 43.2 Å². The predicted molar refractivity (Wildman–Crippen MR) is 89.7 cm³/mol. The Morgan fingerprint density at radius 3 is 2.65 bits per heavy atom. The van der Waals surface area contributed by atoms with Crippen LogP contribution in [0.2, 0.25) is 0 Å². The average molecular weight is 328 g/mol. The van der Waals surface area contributed by atoms with Crippen molar-refractivity contribution in [2.75, 3.05) is 7.11 Å². The van der Waals surface area contributed by atoms with Gasteiger partial charge in [0, 0.05) is 0 Å². The van der Waals surface area contributed by atoms with E-state index < -0.39 is 5.56 Å². The third-order valence-electron chi connectivity index (χ3n) is 3.39. The van der Waals surface area contributed by atoms with E-state index in [1.165, 1.54) is 16.0 Å². The van der Waals surface area contributed by atoms with Gasteiger partial charge in [0.15, 0.2) is 5.49 Å². The summed E-state index contributed by atoms with van der Waals surface area (Å²) < 4.78 is 7.54. The lowest BCUT2D eigenvalue weighted by molar-refractivity contribution is 0.415. The first-order chi connectivity index (χ1) is 11.0. The van der Waals surface area contributed by atoms with Gasteiger partial charge in [0.05, 0.1) is 12.3 Å². The van der Waals surface area contributed by atoms with E-state index in [0.29, 0.717) is 5.13 Å². The van der Waals surface area contributed by atoms with Crippen molar-refractivity contribution in [1.29, 1.82) is 5.41 Å². The van der Waals surface area contributed by atoms with Crippen LogP contribution in [0.1, 0.15) is 19.4 Å². The van der Waals surface area contributed by atoms with Gasteiger partial charge in [0.2, 0.25) is 5.13 Å². The van der Waals surface area contributed by atoms with Crippen molar-refractivity contribution in [3.63, 3.8) is 0 Å². The molecule has 118 valence electrons. The molecule has 23 heavy (non-hydrogen) atoms. The van der Waals surface area contributed by atoms with Crippen LogP contribution in [0, 0.1) is 5.41 Å². The molecule has 6 nitrogen and oxygen atoms in total. The van der Waals surface area contributed by atoms with E-state index in [2.05, 4.69) is 10.1 Å². The largest absolute Gasteiger partial charge is 0.497 e. The van der Waals surface area contributed by atoms with Gasteiger partial charge in [-0.15, -0.1) is 0 Å². The van der Waals surface area contributed by atoms with Gasteiger partial charge in [-0.25, -0.2) is 4.68 Å². The Kier molecular flexibility index (Phi) is 3.87. The van der Waals surface area contributed by atoms with Gasteiger partial charge < -0.3 is 4.74 Å². The summed E-state index contributed by atoms with van der Waals surface area (Å²) in [4.78, 5) is 16.3. The molecule has 0 spiro atoms. The fraction of sp³-hybridized carbons (Fsp3) is 0.188. The molecular weight excluding hydrogens is 312 g/mol. The third-order valence-corrected chi connectivity index (χ3v) is 4.55. The number of hydrogen-bond donors (Lipinski definition) is 2. The number of benzene rings is 1. The summed E-state index contributed by atoms with van der Waals surface area (Å²) in [6.45, 7) is 3.93. The van der Waals surface area contributed by atoms with E-state index in [1.807, 2.05) is 38.1 Å². The fourth-order valence-electron chi connectivity index (χ4n) is 2.11. The fourth-order valence-corrected chi connectivity index (χ4v) is 2.99. The van der Waals surface area contributed by atoms with Gasteiger partial charge in [-0.3, -0.25) is 15.3 Å². The monoisotopic (exact) mass is 328 g/mol. The highest BCUT2D eigenvalue weighted by molar-refractivity contribution is 7.11. The maximum Gasteiger partial charge on any atom is 0.283 e. The predicted octanol–water partition coefficient (Wildman–Crippen LogP) is 0.567. The van der Waals surface area contributed by atoms with E-state index in [1.54, 1.807) is 13.2 Å². The standard InChI is InChI=1S/C16H16N4O2S/c1-9(2)15-19-20-13(17)12(14(21)18-16(20)23-15)8-10-4-6-11(22-3)7-5-10/h4-8,17,19H,1-3H3. The van der Waals surface area contributed by atoms with E-state index in [4.69, 9.17) is 10.1 Å². The van der Waals surface area contributed by atoms with E-state index in [-0.39, 0.29) is 10.7 Å². The van der Waals surface area contributed by atoms with Crippen LogP contribution in [0.5, 0.6) is 5.75 Å². The van der Waals surface area contributed by atoms with Crippen LogP contribution in [0.15, 0.2) is 29.1 Å². The zero-order valence-corrected chi connectivity index (χ0v) is 13.8. The summed E-state index contributed by atoms with van der Waals surface area (Å²) in [5.41, 5.74) is 1.58. The molecule has 2 N–H and O–H groups in total. The van der Waals surface area contributed by atoms with Crippen molar-refractivity contribution in [2.45, 2.75) is 13.8 Å². The van der Waals surface area contributed by atoms with Crippen molar-refractivity contribution >= 4 is 23.0 Å². The normalized spacial score (nSPS) is 11.9. The molecule has 0 radical (unpaired) electrons.